The smallest absolute Gasteiger partial charge is 0.319 e. The normalized spacial score (nSPS) is 10.1. The number of amides is 2. The number of benzene rings is 1. The van der Waals surface area contributed by atoms with Crippen molar-refractivity contribution in [3.63, 3.8) is 0 Å². The van der Waals surface area contributed by atoms with Crippen LogP contribution in [0.2, 0.25) is 0 Å². The fourth-order valence-electron chi connectivity index (χ4n) is 1.54. The molecule has 0 fully saturated rings. The minimum absolute atomic E-state index is 0.196. The van der Waals surface area contributed by atoms with E-state index in [1.165, 1.54) is 0 Å². The molecule has 1 rings (SSSR count). The average Bonchev–Trinajstić information content (AvgIpc) is 2.30. The van der Waals surface area contributed by atoms with E-state index in [4.69, 9.17) is 5.73 Å². The predicted molar refractivity (Wildman–Crippen MR) is 72.3 cm³/mol. The molecule has 0 aliphatic heterocycles. The van der Waals surface area contributed by atoms with Gasteiger partial charge in [-0.2, -0.15) is 0 Å². The van der Waals surface area contributed by atoms with Crippen LogP contribution in [0.4, 0.5) is 16.2 Å². The van der Waals surface area contributed by atoms with Crippen LogP contribution in [0.3, 0.4) is 0 Å². The second-order valence-electron chi connectivity index (χ2n) is 4.21. The Labute approximate surface area is 103 Å². The van der Waals surface area contributed by atoms with Gasteiger partial charge in [-0.25, -0.2) is 4.79 Å². The topological polar surface area (TPSA) is 67.2 Å². The monoisotopic (exact) mass is 235 g/mol. The third kappa shape index (κ3) is 3.66. The highest BCUT2D eigenvalue weighted by Gasteiger charge is 2.08. The lowest BCUT2D eigenvalue weighted by molar-refractivity contribution is 0.252. The number of nitrogens with one attached hydrogen (secondary N) is 2. The van der Waals surface area contributed by atoms with E-state index in [2.05, 4.69) is 17.6 Å². The zero-order chi connectivity index (χ0) is 12.8. The molecular weight excluding hydrogens is 214 g/mol. The Morgan fingerprint density at radius 2 is 2.06 bits per heavy atom. The Hall–Kier alpha value is -1.71. The second-order valence-corrected chi connectivity index (χ2v) is 4.21. The van der Waals surface area contributed by atoms with Crippen molar-refractivity contribution in [3.05, 3.63) is 23.3 Å². The van der Waals surface area contributed by atoms with Gasteiger partial charge in [0.05, 0.1) is 11.4 Å². The third-order valence-electron chi connectivity index (χ3n) is 2.82. The van der Waals surface area contributed by atoms with Gasteiger partial charge in [0.1, 0.15) is 0 Å². The summed E-state index contributed by atoms with van der Waals surface area (Å²) in [5, 5.41) is 5.60. The van der Waals surface area contributed by atoms with Gasteiger partial charge >= 0.3 is 6.03 Å². The molecule has 0 heterocycles. The van der Waals surface area contributed by atoms with Crippen LogP contribution >= 0.6 is 0 Å². The molecular formula is C13H21N3O. The summed E-state index contributed by atoms with van der Waals surface area (Å²) >= 11 is 0. The van der Waals surface area contributed by atoms with Crippen molar-refractivity contribution in [1.82, 2.24) is 5.32 Å². The van der Waals surface area contributed by atoms with Crippen molar-refractivity contribution in [2.45, 2.75) is 33.6 Å². The number of carbonyl (C=O) groups excluding carboxylic acids is 1. The molecule has 0 saturated heterocycles. The molecule has 0 aliphatic carbocycles. The molecule has 0 spiro atoms. The van der Waals surface area contributed by atoms with E-state index in [0.717, 1.165) is 24.0 Å². The van der Waals surface area contributed by atoms with Crippen molar-refractivity contribution in [3.8, 4) is 0 Å². The van der Waals surface area contributed by atoms with E-state index in [1.807, 2.05) is 26.0 Å². The maximum Gasteiger partial charge on any atom is 0.319 e. The van der Waals surface area contributed by atoms with Crippen molar-refractivity contribution in [2.75, 3.05) is 17.6 Å². The van der Waals surface area contributed by atoms with Gasteiger partial charge in [-0.1, -0.05) is 19.4 Å². The minimum Gasteiger partial charge on any atom is -0.397 e. The molecule has 0 unspecified atom stereocenters. The predicted octanol–water partition coefficient (Wildman–Crippen LogP) is 2.81. The molecule has 4 heteroatoms. The van der Waals surface area contributed by atoms with E-state index in [1.54, 1.807) is 0 Å². The number of hydrogen-bond donors (Lipinski definition) is 3. The zero-order valence-corrected chi connectivity index (χ0v) is 10.8. The number of unbranched alkanes of at least 4 members (excludes halogenated alkanes) is 1. The lowest BCUT2D eigenvalue weighted by atomic mass is 10.1. The van der Waals surface area contributed by atoms with Crippen molar-refractivity contribution in [2.24, 2.45) is 0 Å². The van der Waals surface area contributed by atoms with Gasteiger partial charge in [0.15, 0.2) is 0 Å². The Kier molecular flexibility index (Phi) is 4.82. The summed E-state index contributed by atoms with van der Waals surface area (Å²) in [6, 6.07) is 3.56. The first-order chi connectivity index (χ1) is 8.06. The van der Waals surface area contributed by atoms with Gasteiger partial charge in [-0.3, -0.25) is 0 Å². The molecule has 0 aromatic heterocycles. The molecule has 1 aromatic carbocycles. The van der Waals surface area contributed by atoms with Crippen LogP contribution in [0, 0.1) is 13.8 Å². The molecule has 4 N–H and O–H groups in total. The fraction of sp³-hybridized carbons (Fsp3) is 0.462. The summed E-state index contributed by atoms with van der Waals surface area (Å²) in [4.78, 5) is 11.6. The SMILES string of the molecule is CCCCNC(=O)Nc1c(N)ccc(C)c1C. The van der Waals surface area contributed by atoms with E-state index in [-0.39, 0.29) is 6.03 Å². The standard InChI is InChI=1S/C13H21N3O/c1-4-5-8-15-13(17)16-12-10(3)9(2)6-7-11(12)14/h6-7H,4-5,8,14H2,1-3H3,(H2,15,16,17). The van der Waals surface area contributed by atoms with E-state index in [0.29, 0.717) is 17.9 Å². The van der Waals surface area contributed by atoms with Gasteiger partial charge in [0.2, 0.25) is 0 Å². The first-order valence-electron chi connectivity index (χ1n) is 5.96. The Morgan fingerprint density at radius 1 is 1.35 bits per heavy atom. The lowest BCUT2D eigenvalue weighted by Crippen LogP contribution is -2.30. The molecule has 0 aliphatic rings. The summed E-state index contributed by atoms with van der Waals surface area (Å²) in [6.45, 7) is 6.72. The van der Waals surface area contributed by atoms with Crippen LogP contribution < -0.4 is 16.4 Å². The number of urea groups is 1. The molecule has 1 aromatic rings. The Balaban J connectivity index is 2.68. The van der Waals surface area contributed by atoms with Gasteiger partial charge in [0, 0.05) is 6.54 Å². The molecule has 0 bridgehead atoms. The molecule has 17 heavy (non-hydrogen) atoms. The number of nitrogen functional groups attached to an aromatic ring is 1. The van der Waals surface area contributed by atoms with Crippen molar-refractivity contribution < 1.29 is 4.79 Å². The lowest BCUT2D eigenvalue weighted by Gasteiger charge is -2.13. The van der Waals surface area contributed by atoms with Crippen molar-refractivity contribution in [1.29, 1.82) is 0 Å². The summed E-state index contributed by atoms with van der Waals surface area (Å²) in [7, 11) is 0. The Morgan fingerprint density at radius 3 is 2.71 bits per heavy atom. The average molecular weight is 235 g/mol. The van der Waals surface area contributed by atoms with Crippen molar-refractivity contribution >= 4 is 17.4 Å². The molecule has 94 valence electrons. The summed E-state index contributed by atoms with van der Waals surface area (Å²) in [6.07, 6.45) is 2.04. The molecule has 0 atom stereocenters. The highest BCUT2D eigenvalue weighted by atomic mass is 16.2. The van der Waals surface area contributed by atoms with Crippen LogP contribution in [0.5, 0.6) is 0 Å². The molecule has 0 saturated carbocycles. The highest BCUT2D eigenvalue weighted by Crippen LogP contribution is 2.25. The van der Waals surface area contributed by atoms with Gasteiger partial charge in [-0.15, -0.1) is 0 Å². The number of nitrogens with two attached hydrogens (primary N) is 1. The fourth-order valence-corrected chi connectivity index (χ4v) is 1.54. The van der Waals surface area contributed by atoms with Crippen LogP contribution in [0.15, 0.2) is 12.1 Å². The maximum absolute atomic E-state index is 11.6. The maximum atomic E-state index is 11.6. The van der Waals surface area contributed by atoms with Crippen LogP contribution in [0.25, 0.3) is 0 Å². The highest BCUT2D eigenvalue weighted by molar-refractivity contribution is 5.94. The quantitative estimate of drug-likeness (QED) is 0.555. The van der Waals surface area contributed by atoms with Gasteiger partial charge in [0.25, 0.3) is 0 Å². The number of carbonyl (C=O) groups is 1. The largest absolute Gasteiger partial charge is 0.397 e. The van der Waals surface area contributed by atoms with E-state index >= 15 is 0 Å². The third-order valence-corrected chi connectivity index (χ3v) is 2.82. The molecule has 4 nitrogen and oxygen atoms in total. The Bertz CT molecular complexity index is 402. The summed E-state index contributed by atoms with van der Waals surface area (Å²) in [5.74, 6) is 0. The number of aryl methyl sites for hydroxylation is 1. The summed E-state index contributed by atoms with van der Waals surface area (Å²) < 4.78 is 0. The number of hydrogen-bond acceptors (Lipinski definition) is 2. The zero-order valence-electron chi connectivity index (χ0n) is 10.8. The van der Waals surface area contributed by atoms with Gasteiger partial charge in [-0.05, 0) is 37.5 Å². The minimum atomic E-state index is -0.196. The summed E-state index contributed by atoms with van der Waals surface area (Å²) in [5.41, 5.74) is 9.28. The van der Waals surface area contributed by atoms with Crippen LogP contribution in [0.1, 0.15) is 30.9 Å². The second kappa shape index (κ2) is 6.13. The first kappa shape index (κ1) is 13.4. The van der Waals surface area contributed by atoms with Gasteiger partial charge < -0.3 is 16.4 Å². The first-order valence-corrected chi connectivity index (χ1v) is 5.96. The van der Waals surface area contributed by atoms with E-state index in [9.17, 15) is 4.79 Å². The molecule has 0 radical (unpaired) electrons. The number of anilines is 2. The number of rotatable bonds is 4. The molecule has 2 amide bonds. The van der Waals surface area contributed by atoms with E-state index < -0.39 is 0 Å². The van der Waals surface area contributed by atoms with Crippen LogP contribution in [-0.2, 0) is 0 Å². The van der Waals surface area contributed by atoms with Crippen LogP contribution in [-0.4, -0.2) is 12.6 Å².